The average molecular weight is 249 g/mol. The van der Waals surface area contributed by atoms with Crippen LogP contribution < -0.4 is 14.8 Å². The van der Waals surface area contributed by atoms with Crippen LogP contribution in [0.3, 0.4) is 0 Å². The highest BCUT2D eigenvalue weighted by atomic mass is 16.7. The molecule has 2 rings (SSSR count). The van der Waals surface area contributed by atoms with E-state index >= 15 is 0 Å². The molecule has 0 unspecified atom stereocenters. The lowest BCUT2D eigenvalue weighted by Gasteiger charge is -2.07. The molecule has 2 N–H and O–H groups in total. The number of aryl methyl sites for hydroxylation is 1. The zero-order valence-corrected chi connectivity index (χ0v) is 10.1. The summed E-state index contributed by atoms with van der Waals surface area (Å²) >= 11 is 0. The van der Waals surface area contributed by atoms with Crippen LogP contribution in [0.4, 0.5) is 0 Å². The van der Waals surface area contributed by atoms with E-state index in [4.69, 9.17) is 14.6 Å². The molecule has 5 heteroatoms. The number of hydrogen-bond donors (Lipinski definition) is 2. The number of carboxylic acid groups (broad SMARTS) is 1. The fraction of sp³-hybridized carbons (Fsp3) is 0.308. The molecule has 0 spiro atoms. The fourth-order valence-corrected chi connectivity index (χ4v) is 1.73. The number of carbonyl (C=O) groups is 1. The van der Waals surface area contributed by atoms with Gasteiger partial charge in [-0.25, -0.2) is 4.79 Å². The predicted molar refractivity (Wildman–Crippen MR) is 65.8 cm³/mol. The maximum Gasteiger partial charge on any atom is 0.328 e. The van der Waals surface area contributed by atoms with Crippen LogP contribution in [0.1, 0.15) is 11.1 Å². The topological polar surface area (TPSA) is 67.8 Å². The van der Waals surface area contributed by atoms with Crippen molar-refractivity contribution in [2.45, 2.75) is 13.5 Å². The van der Waals surface area contributed by atoms with Crippen molar-refractivity contribution in [3.05, 3.63) is 35.4 Å². The second-order valence-corrected chi connectivity index (χ2v) is 4.00. The zero-order chi connectivity index (χ0) is 13.0. The van der Waals surface area contributed by atoms with Crippen molar-refractivity contribution in [2.24, 2.45) is 0 Å². The normalized spacial score (nSPS) is 13.2. The lowest BCUT2D eigenvalue weighted by molar-refractivity contribution is -0.131. The molecule has 0 atom stereocenters. The van der Waals surface area contributed by atoms with E-state index in [0.717, 1.165) is 28.7 Å². The molecule has 1 aromatic rings. The average Bonchev–Trinajstić information content (AvgIpc) is 2.75. The molecule has 0 fully saturated rings. The van der Waals surface area contributed by atoms with Crippen LogP contribution in [0.5, 0.6) is 11.5 Å². The molecule has 0 radical (unpaired) electrons. The van der Waals surface area contributed by atoms with Gasteiger partial charge in [0.2, 0.25) is 6.79 Å². The van der Waals surface area contributed by atoms with E-state index in [0.29, 0.717) is 13.1 Å². The van der Waals surface area contributed by atoms with Gasteiger partial charge in [-0.05, 0) is 30.2 Å². The highest BCUT2D eigenvalue weighted by Crippen LogP contribution is 2.34. The predicted octanol–water partition coefficient (Wildman–Crippen LogP) is 1.45. The van der Waals surface area contributed by atoms with E-state index in [2.05, 4.69) is 5.32 Å². The first-order valence-corrected chi connectivity index (χ1v) is 5.66. The van der Waals surface area contributed by atoms with Crippen LogP contribution in [0.2, 0.25) is 0 Å². The summed E-state index contributed by atoms with van der Waals surface area (Å²) in [6.45, 7) is 3.45. The Kier molecular flexibility index (Phi) is 3.84. The Hall–Kier alpha value is -2.01. The van der Waals surface area contributed by atoms with Gasteiger partial charge in [0, 0.05) is 19.2 Å². The van der Waals surface area contributed by atoms with E-state index in [-0.39, 0.29) is 6.79 Å². The molecular formula is C13H15NO4. The van der Waals surface area contributed by atoms with Gasteiger partial charge < -0.3 is 19.9 Å². The molecule has 0 saturated carbocycles. The van der Waals surface area contributed by atoms with Gasteiger partial charge in [-0.3, -0.25) is 0 Å². The van der Waals surface area contributed by atoms with Crippen LogP contribution in [0, 0.1) is 6.92 Å². The SMILES string of the molecule is Cc1cc2c(cc1CNC/C=C/C(=O)O)OCO2. The third kappa shape index (κ3) is 3.01. The monoisotopic (exact) mass is 249 g/mol. The molecule has 0 bridgehead atoms. The number of aliphatic carboxylic acids is 1. The van der Waals surface area contributed by atoms with Crippen LogP contribution >= 0.6 is 0 Å². The van der Waals surface area contributed by atoms with Gasteiger partial charge in [-0.15, -0.1) is 0 Å². The quantitative estimate of drug-likeness (QED) is 0.610. The molecule has 5 nitrogen and oxygen atoms in total. The number of fused-ring (bicyclic) bond motifs is 1. The smallest absolute Gasteiger partial charge is 0.328 e. The lowest BCUT2D eigenvalue weighted by atomic mass is 10.1. The first-order chi connectivity index (χ1) is 8.66. The summed E-state index contributed by atoms with van der Waals surface area (Å²) in [5.41, 5.74) is 2.23. The summed E-state index contributed by atoms with van der Waals surface area (Å²) in [6.07, 6.45) is 2.70. The number of carboxylic acids is 1. The van der Waals surface area contributed by atoms with E-state index in [9.17, 15) is 4.79 Å². The van der Waals surface area contributed by atoms with Crippen LogP contribution in [0.15, 0.2) is 24.3 Å². The molecule has 0 amide bonds. The molecular weight excluding hydrogens is 234 g/mol. The number of hydrogen-bond acceptors (Lipinski definition) is 4. The van der Waals surface area contributed by atoms with Gasteiger partial charge >= 0.3 is 5.97 Å². The molecule has 0 aromatic heterocycles. The van der Waals surface area contributed by atoms with Crippen molar-refractivity contribution < 1.29 is 19.4 Å². The molecule has 1 aromatic carbocycles. The molecule has 0 saturated heterocycles. The zero-order valence-electron chi connectivity index (χ0n) is 10.1. The minimum Gasteiger partial charge on any atom is -0.478 e. The van der Waals surface area contributed by atoms with Gasteiger partial charge in [0.1, 0.15) is 0 Å². The van der Waals surface area contributed by atoms with Gasteiger partial charge in [-0.1, -0.05) is 6.08 Å². The van der Waals surface area contributed by atoms with Crippen molar-refractivity contribution >= 4 is 5.97 Å². The number of ether oxygens (including phenoxy) is 2. The van der Waals surface area contributed by atoms with Gasteiger partial charge in [-0.2, -0.15) is 0 Å². The third-order valence-electron chi connectivity index (χ3n) is 2.67. The number of nitrogens with one attached hydrogen (secondary N) is 1. The van der Waals surface area contributed by atoms with Crippen LogP contribution in [0.25, 0.3) is 0 Å². The Balaban J connectivity index is 1.92. The van der Waals surface area contributed by atoms with Gasteiger partial charge in [0.25, 0.3) is 0 Å². The minimum absolute atomic E-state index is 0.271. The van der Waals surface area contributed by atoms with E-state index in [1.165, 1.54) is 0 Å². The third-order valence-corrected chi connectivity index (χ3v) is 2.67. The summed E-state index contributed by atoms with van der Waals surface area (Å²) < 4.78 is 10.6. The second-order valence-electron chi connectivity index (χ2n) is 4.00. The highest BCUT2D eigenvalue weighted by molar-refractivity contribution is 5.79. The Bertz CT molecular complexity index is 482. The van der Waals surface area contributed by atoms with Gasteiger partial charge in [0.05, 0.1) is 0 Å². The molecule has 1 aliphatic heterocycles. The lowest BCUT2D eigenvalue weighted by Crippen LogP contribution is -2.14. The fourth-order valence-electron chi connectivity index (χ4n) is 1.73. The van der Waals surface area contributed by atoms with E-state index in [1.807, 2.05) is 19.1 Å². The second kappa shape index (κ2) is 5.55. The number of rotatable bonds is 5. The molecule has 0 aliphatic carbocycles. The van der Waals surface area contributed by atoms with Crippen molar-refractivity contribution in [2.75, 3.05) is 13.3 Å². The number of benzene rings is 1. The largest absolute Gasteiger partial charge is 0.478 e. The summed E-state index contributed by atoms with van der Waals surface area (Å²) in [5.74, 6) is 0.608. The van der Waals surface area contributed by atoms with E-state index < -0.39 is 5.97 Å². The Morgan fingerprint density at radius 3 is 2.89 bits per heavy atom. The summed E-state index contributed by atoms with van der Waals surface area (Å²) in [6, 6.07) is 3.90. The van der Waals surface area contributed by atoms with E-state index in [1.54, 1.807) is 6.08 Å². The molecule has 1 aliphatic rings. The van der Waals surface area contributed by atoms with Crippen LogP contribution in [-0.2, 0) is 11.3 Å². The minimum atomic E-state index is -0.934. The maximum absolute atomic E-state index is 10.3. The van der Waals surface area contributed by atoms with Gasteiger partial charge in [0.15, 0.2) is 11.5 Å². The first-order valence-electron chi connectivity index (χ1n) is 5.66. The van der Waals surface area contributed by atoms with Crippen molar-refractivity contribution in [1.82, 2.24) is 5.32 Å². The molecule has 1 heterocycles. The molecule has 18 heavy (non-hydrogen) atoms. The van der Waals surface area contributed by atoms with Crippen molar-refractivity contribution in [1.29, 1.82) is 0 Å². The Morgan fingerprint density at radius 1 is 1.44 bits per heavy atom. The van der Waals surface area contributed by atoms with Crippen molar-refractivity contribution in [3.8, 4) is 11.5 Å². The summed E-state index contributed by atoms with van der Waals surface area (Å²) in [7, 11) is 0. The standard InChI is InChI=1S/C13H15NO4/c1-9-5-11-12(18-8-17-11)6-10(9)7-14-4-2-3-13(15)16/h2-3,5-6,14H,4,7-8H2,1H3,(H,15,16)/b3-2+. The Morgan fingerprint density at radius 2 is 2.17 bits per heavy atom. The summed E-state index contributed by atoms with van der Waals surface area (Å²) in [5, 5.41) is 11.6. The summed E-state index contributed by atoms with van der Waals surface area (Å²) in [4.78, 5) is 10.3. The Labute approximate surface area is 105 Å². The molecule has 96 valence electrons. The van der Waals surface area contributed by atoms with Crippen molar-refractivity contribution in [3.63, 3.8) is 0 Å². The maximum atomic E-state index is 10.3. The van der Waals surface area contributed by atoms with Crippen LogP contribution in [-0.4, -0.2) is 24.4 Å². The highest BCUT2D eigenvalue weighted by Gasteiger charge is 2.15. The first kappa shape index (κ1) is 12.4.